The molecule has 0 aliphatic rings. The molecule has 1 aromatic rings. The Bertz CT molecular complexity index is 436. The predicted octanol–water partition coefficient (Wildman–Crippen LogP) is 0.501. The van der Waals surface area contributed by atoms with Gasteiger partial charge >= 0.3 is 5.97 Å². The van der Waals surface area contributed by atoms with E-state index in [1.807, 2.05) is 6.92 Å². The highest BCUT2D eigenvalue weighted by molar-refractivity contribution is 5.86. The van der Waals surface area contributed by atoms with Gasteiger partial charge in [-0.3, -0.25) is 9.78 Å². The number of nitrogens with zero attached hydrogens (tertiary/aromatic N) is 2. The summed E-state index contributed by atoms with van der Waals surface area (Å²) in [6, 6.07) is -0.505. The maximum atomic E-state index is 11.6. The Hall–Kier alpha value is -2.18. The molecule has 0 aliphatic heterocycles. The number of rotatable bonds is 6. The first-order chi connectivity index (χ1) is 8.54. The van der Waals surface area contributed by atoms with Crippen molar-refractivity contribution in [3.8, 4) is 0 Å². The molecule has 1 heterocycles. The van der Waals surface area contributed by atoms with Crippen LogP contribution in [0.2, 0.25) is 0 Å². The normalized spacial score (nSPS) is 11.7. The smallest absolute Gasteiger partial charge is 0.356 e. The Balaban J connectivity index is 2.63. The molecule has 1 aromatic heterocycles. The highest BCUT2D eigenvalue weighted by Crippen LogP contribution is 2.04. The molecular weight excluding hydrogens is 236 g/mol. The number of aromatic nitrogens is 2. The predicted molar refractivity (Wildman–Crippen MR) is 65.4 cm³/mol. The number of nitrogens with one attached hydrogen (secondary N) is 2. The van der Waals surface area contributed by atoms with Gasteiger partial charge in [0.25, 0.3) is 0 Å². The highest BCUT2D eigenvalue weighted by atomic mass is 16.4. The van der Waals surface area contributed by atoms with Gasteiger partial charge in [0, 0.05) is 6.54 Å². The van der Waals surface area contributed by atoms with Crippen LogP contribution in [0.5, 0.6) is 0 Å². The Kier molecular flexibility index (Phi) is 5.04. The molecule has 1 unspecified atom stereocenters. The van der Waals surface area contributed by atoms with Crippen molar-refractivity contribution in [2.75, 3.05) is 11.9 Å². The first kappa shape index (κ1) is 13.9. The SMILES string of the molecule is CCCNC(=O)C(C)Nc1cncc(C(=O)O)n1. The lowest BCUT2D eigenvalue weighted by Crippen LogP contribution is -2.38. The summed E-state index contributed by atoms with van der Waals surface area (Å²) >= 11 is 0. The van der Waals surface area contributed by atoms with E-state index >= 15 is 0 Å². The van der Waals surface area contributed by atoms with E-state index in [-0.39, 0.29) is 17.4 Å². The molecule has 18 heavy (non-hydrogen) atoms. The highest BCUT2D eigenvalue weighted by Gasteiger charge is 2.13. The third kappa shape index (κ3) is 4.00. The van der Waals surface area contributed by atoms with E-state index in [1.165, 1.54) is 6.20 Å². The Labute approximate surface area is 105 Å². The lowest BCUT2D eigenvalue weighted by molar-refractivity contribution is -0.121. The van der Waals surface area contributed by atoms with Crippen LogP contribution < -0.4 is 10.6 Å². The van der Waals surface area contributed by atoms with E-state index in [1.54, 1.807) is 6.92 Å². The van der Waals surface area contributed by atoms with Gasteiger partial charge < -0.3 is 15.7 Å². The molecule has 0 spiro atoms. The van der Waals surface area contributed by atoms with Crippen molar-refractivity contribution in [1.29, 1.82) is 0 Å². The number of carbonyl (C=O) groups is 2. The van der Waals surface area contributed by atoms with E-state index in [4.69, 9.17) is 5.11 Å². The third-order valence-corrected chi connectivity index (χ3v) is 2.16. The fourth-order valence-corrected chi connectivity index (χ4v) is 1.23. The quantitative estimate of drug-likeness (QED) is 0.681. The Morgan fingerprint density at radius 2 is 2.17 bits per heavy atom. The zero-order chi connectivity index (χ0) is 13.5. The van der Waals surface area contributed by atoms with Gasteiger partial charge in [0.05, 0.1) is 12.4 Å². The van der Waals surface area contributed by atoms with Gasteiger partial charge in [0.15, 0.2) is 5.69 Å². The maximum absolute atomic E-state index is 11.6. The number of aromatic carboxylic acids is 1. The zero-order valence-electron chi connectivity index (χ0n) is 10.3. The van der Waals surface area contributed by atoms with Crippen LogP contribution in [-0.2, 0) is 4.79 Å². The number of carboxylic acids is 1. The Morgan fingerprint density at radius 1 is 1.44 bits per heavy atom. The third-order valence-electron chi connectivity index (χ3n) is 2.16. The molecule has 0 aliphatic carbocycles. The molecule has 0 aromatic carbocycles. The molecule has 7 nitrogen and oxygen atoms in total. The lowest BCUT2D eigenvalue weighted by atomic mass is 10.3. The maximum Gasteiger partial charge on any atom is 0.356 e. The van der Waals surface area contributed by atoms with Crippen LogP contribution in [0.4, 0.5) is 5.82 Å². The molecule has 1 rings (SSSR count). The largest absolute Gasteiger partial charge is 0.476 e. The van der Waals surface area contributed by atoms with E-state index in [2.05, 4.69) is 20.6 Å². The van der Waals surface area contributed by atoms with Gasteiger partial charge in [-0.05, 0) is 13.3 Å². The molecule has 7 heteroatoms. The Morgan fingerprint density at radius 3 is 2.78 bits per heavy atom. The monoisotopic (exact) mass is 252 g/mol. The van der Waals surface area contributed by atoms with Crippen LogP contribution in [0.1, 0.15) is 30.8 Å². The minimum atomic E-state index is -1.16. The lowest BCUT2D eigenvalue weighted by Gasteiger charge is -2.14. The van der Waals surface area contributed by atoms with Crippen molar-refractivity contribution in [3.05, 3.63) is 18.1 Å². The van der Waals surface area contributed by atoms with Crippen LogP contribution in [0.25, 0.3) is 0 Å². The number of carbonyl (C=O) groups excluding carboxylic acids is 1. The van der Waals surface area contributed by atoms with Crippen molar-refractivity contribution in [2.24, 2.45) is 0 Å². The minimum absolute atomic E-state index is 0.166. The second kappa shape index (κ2) is 6.53. The number of carboxylic acid groups (broad SMARTS) is 1. The van der Waals surface area contributed by atoms with Crippen molar-refractivity contribution < 1.29 is 14.7 Å². The van der Waals surface area contributed by atoms with Crippen molar-refractivity contribution >= 4 is 17.7 Å². The summed E-state index contributed by atoms with van der Waals surface area (Å²) < 4.78 is 0. The first-order valence-corrected chi connectivity index (χ1v) is 5.64. The summed E-state index contributed by atoms with van der Waals surface area (Å²) in [4.78, 5) is 29.9. The standard InChI is InChI=1S/C11H16N4O3/c1-3-4-13-10(16)7(2)14-9-6-12-5-8(15-9)11(17)18/h5-7H,3-4H2,1-2H3,(H,13,16)(H,14,15)(H,17,18). The van der Waals surface area contributed by atoms with Crippen molar-refractivity contribution in [3.63, 3.8) is 0 Å². The van der Waals surface area contributed by atoms with Crippen molar-refractivity contribution in [2.45, 2.75) is 26.3 Å². The van der Waals surface area contributed by atoms with E-state index in [0.717, 1.165) is 12.6 Å². The van der Waals surface area contributed by atoms with Gasteiger partial charge in [-0.15, -0.1) is 0 Å². The molecule has 0 bridgehead atoms. The number of hydrogen-bond donors (Lipinski definition) is 3. The first-order valence-electron chi connectivity index (χ1n) is 5.64. The van der Waals surface area contributed by atoms with Gasteiger partial charge in [-0.1, -0.05) is 6.92 Å². The molecular formula is C11H16N4O3. The number of anilines is 1. The molecule has 0 saturated heterocycles. The molecule has 3 N–H and O–H groups in total. The summed E-state index contributed by atoms with van der Waals surface area (Å²) in [5.41, 5.74) is -0.166. The van der Waals surface area contributed by atoms with Crippen molar-refractivity contribution in [1.82, 2.24) is 15.3 Å². The summed E-state index contributed by atoms with van der Waals surface area (Å²) in [5, 5.41) is 14.3. The molecule has 1 atom stereocenters. The molecule has 0 fully saturated rings. The fraction of sp³-hybridized carbons (Fsp3) is 0.455. The number of hydrogen-bond acceptors (Lipinski definition) is 5. The molecule has 98 valence electrons. The van der Waals surface area contributed by atoms with Crippen LogP contribution in [0.15, 0.2) is 12.4 Å². The van der Waals surface area contributed by atoms with Gasteiger partial charge in [0.2, 0.25) is 5.91 Å². The van der Waals surface area contributed by atoms with Gasteiger partial charge in [0.1, 0.15) is 11.9 Å². The van der Waals surface area contributed by atoms with E-state index in [0.29, 0.717) is 6.54 Å². The van der Waals surface area contributed by atoms with Gasteiger partial charge in [-0.25, -0.2) is 9.78 Å². The summed E-state index contributed by atoms with van der Waals surface area (Å²) in [5.74, 6) is -1.07. The molecule has 0 saturated carbocycles. The average molecular weight is 252 g/mol. The summed E-state index contributed by atoms with van der Waals surface area (Å²) in [6.07, 6.45) is 3.37. The van der Waals surface area contributed by atoms with E-state index in [9.17, 15) is 9.59 Å². The second-order valence-corrected chi connectivity index (χ2v) is 3.75. The van der Waals surface area contributed by atoms with Gasteiger partial charge in [-0.2, -0.15) is 0 Å². The van der Waals surface area contributed by atoms with E-state index < -0.39 is 12.0 Å². The second-order valence-electron chi connectivity index (χ2n) is 3.75. The number of amides is 1. The fourth-order valence-electron chi connectivity index (χ4n) is 1.23. The van der Waals surface area contributed by atoms with Crippen LogP contribution in [0.3, 0.4) is 0 Å². The molecule has 0 radical (unpaired) electrons. The van der Waals surface area contributed by atoms with Crippen LogP contribution in [-0.4, -0.2) is 39.5 Å². The van der Waals surface area contributed by atoms with Crippen LogP contribution in [0, 0.1) is 0 Å². The topological polar surface area (TPSA) is 104 Å². The average Bonchev–Trinajstić information content (AvgIpc) is 2.36. The zero-order valence-corrected chi connectivity index (χ0v) is 10.3. The summed E-state index contributed by atoms with van der Waals surface area (Å²) in [6.45, 7) is 4.23. The minimum Gasteiger partial charge on any atom is -0.476 e. The molecule has 1 amide bonds. The van der Waals surface area contributed by atoms with Crippen LogP contribution >= 0.6 is 0 Å². The summed E-state index contributed by atoms with van der Waals surface area (Å²) in [7, 11) is 0.